The molecule has 1 fully saturated rings. The molecule has 3 amide bonds. The van der Waals surface area contributed by atoms with E-state index in [1.54, 1.807) is 0 Å². The Kier molecular flexibility index (Phi) is 11.8. The fourth-order valence-electron chi connectivity index (χ4n) is 4.94. The maximum Gasteiger partial charge on any atom is 0.335 e. The summed E-state index contributed by atoms with van der Waals surface area (Å²) in [6, 6.07) is 16.7. The maximum absolute atomic E-state index is 12.6. The van der Waals surface area contributed by atoms with Crippen LogP contribution in [-0.2, 0) is 17.8 Å². The number of carbonyl (C=O) groups is 2. The van der Waals surface area contributed by atoms with Crippen molar-refractivity contribution in [2.24, 2.45) is 22.9 Å². The number of rotatable bonds is 12. The first-order valence-electron chi connectivity index (χ1n) is 14.3. The number of amides is 3. The number of benzene rings is 2. The van der Waals surface area contributed by atoms with Gasteiger partial charge in [-0.3, -0.25) is 4.79 Å². The van der Waals surface area contributed by atoms with Crippen LogP contribution >= 0.6 is 0 Å². The van der Waals surface area contributed by atoms with Crippen LogP contribution in [0.4, 0.5) is 4.79 Å². The zero-order valence-electron chi connectivity index (χ0n) is 23.7. The van der Waals surface area contributed by atoms with Crippen LogP contribution in [0.25, 0.3) is 0 Å². The van der Waals surface area contributed by atoms with Crippen LogP contribution in [0.2, 0.25) is 0 Å². The van der Waals surface area contributed by atoms with Gasteiger partial charge in [0.2, 0.25) is 5.91 Å². The number of nitrogens with one attached hydrogen (secondary N) is 3. The Morgan fingerprint density at radius 1 is 0.895 bits per heavy atom. The fraction of sp³-hybridized carbons (Fsp3) is 0.531. The molecular weight excluding hydrogens is 472 g/mol. The van der Waals surface area contributed by atoms with E-state index in [0.29, 0.717) is 24.9 Å². The summed E-state index contributed by atoms with van der Waals surface area (Å²) in [7, 11) is 0. The van der Waals surface area contributed by atoms with Crippen LogP contribution < -0.4 is 16.1 Å². The van der Waals surface area contributed by atoms with Gasteiger partial charge in [0.1, 0.15) is 0 Å². The van der Waals surface area contributed by atoms with E-state index in [-0.39, 0.29) is 17.9 Å². The SMILES string of the molecule is CC[C@H](C)/C(CCCc1ccc(C)cc1)=N/NC(=O)NCC1CCC(C(=O)NCc2ccc(C)cc2)CC1. The molecular formula is C32H46N4O2. The molecule has 2 aromatic carbocycles. The van der Waals surface area contributed by atoms with Gasteiger partial charge in [-0.05, 0) is 88.2 Å². The predicted molar refractivity (Wildman–Crippen MR) is 156 cm³/mol. The zero-order valence-corrected chi connectivity index (χ0v) is 23.7. The molecule has 6 heteroatoms. The van der Waals surface area contributed by atoms with Crippen molar-refractivity contribution in [1.82, 2.24) is 16.1 Å². The molecule has 1 aliphatic rings. The molecule has 0 bridgehead atoms. The molecule has 6 nitrogen and oxygen atoms in total. The summed E-state index contributed by atoms with van der Waals surface area (Å²) >= 11 is 0. The molecule has 0 aromatic heterocycles. The fourth-order valence-corrected chi connectivity index (χ4v) is 4.94. The first-order chi connectivity index (χ1) is 18.3. The van der Waals surface area contributed by atoms with Crippen LogP contribution in [0.5, 0.6) is 0 Å². The zero-order chi connectivity index (χ0) is 27.3. The standard InChI is InChI=1S/C32H46N4O2/c1-5-25(4)30(8-6-7-26-13-9-23(2)10-14-26)35-36-32(38)34-22-28-17-19-29(20-18-28)31(37)33-21-27-15-11-24(3)12-16-27/h9-16,25,28-29H,5-8,17-22H2,1-4H3,(H,33,37)(H2,34,36,38)/b35-30+/t25-,28?,29?/m0/s1. The van der Waals surface area contributed by atoms with Gasteiger partial charge < -0.3 is 10.6 Å². The molecule has 0 saturated heterocycles. The number of hydrazone groups is 1. The summed E-state index contributed by atoms with van der Waals surface area (Å²) in [4.78, 5) is 25.1. The Hall–Kier alpha value is -3.15. The molecule has 2 aromatic rings. The van der Waals surface area contributed by atoms with Gasteiger partial charge in [0.15, 0.2) is 0 Å². The molecule has 0 spiro atoms. The van der Waals surface area contributed by atoms with Crippen molar-refractivity contribution in [3.05, 3.63) is 70.8 Å². The summed E-state index contributed by atoms with van der Waals surface area (Å²) in [6.07, 6.45) is 7.52. The van der Waals surface area contributed by atoms with Crippen molar-refractivity contribution in [1.29, 1.82) is 0 Å². The van der Waals surface area contributed by atoms with Gasteiger partial charge in [0.05, 0.1) is 0 Å². The monoisotopic (exact) mass is 518 g/mol. The third-order valence-corrected chi connectivity index (χ3v) is 7.86. The van der Waals surface area contributed by atoms with Crippen LogP contribution in [-0.4, -0.2) is 24.2 Å². The highest BCUT2D eigenvalue weighted by Crippen LogP contribution is 2.28. The summed E-state index contributed by atoms with van der Waals surface area (Å²) in [5.41, 5.74) is 8.73. The van der Waals surface area contributed by atoms with Gasteiger partial charge in [0, 0.05) is 24.7 Å². The van der Waals surface area contributed by atoms with Crippen molar-refractivity contribution in [3.63, 3.8) is 0 Å². The van der Waals surface area contributed by atoms with E-state index in [2.05, 4.69) is 97.4 Å². The summed E-state index contributed by atoms with van der Waals surface area (Å²) in [6.45, 7) is 9.67. The van der Waals surface area contributed by atoms with E-state index in [1.807, 2.05) is 0 Å². The first-order valence-corrected chi connectivity index (χ1v) is 14.3. The highest BCUT2D eigenvalue weighted by molar-refractivity contribution is 5.87. The summed E-state index contributed by atoms with van der Waals surface area (Å²) in [5.74, 6) is 0.937. The van der Waals surface area contributed by atoms with E-state index in [4.69, 9.17) is 0 Å². The minimum Gasteiger partial charge on any atom is -0.352 e. The van der Waals surface area contributed by atoms with Crippen LogP contribution in [0.1, 0.15) is 81.0 Å². The molecule has 3 rings (SSSR count). The van der Waals surface area contributed by atoms with Crippen molar-refractivity contribution in [2.75, 3.05) is 6.54 Å². The molecule has 1 saturated carbocycles. The Morgan fingerprint density at radius 2 is 1.50 bits per heavy atom. The lowest BCUT2D eigenvalue weighted by atomic mass is 9.81. The van der Waals surface area contributed by atoms with Gasteiger partial charge in [0.25, 0.3) is 0 Å². The minimum absolute atomic E-state index is 0.0631. The molecule has 0 heterocycles. The smallest absolute Gasteiger partial charge is 0.335 e. The van der Waals surface area contributed by atoms with Crippen LogP contribution in [0.3, 0.4) is 0 Å². The van der Waals surface area contributed by atoms with E-state index in [0.717, 1.165) is 62.6 Å². The van der Waals surface area contributed by atoms with Crippen LogP contribution in [0.15, 0.2) is 53.6 Å². The number of urea groups is 1. The second-order valence-corrected chi connectivity index (χ2v) is 11.0. The van der Waals surface area contributed by atoms with E-state index in [1.165, 1.54) is 16.7 Å². The molecule has 1 aliphatic carbocycles. The molecule has 3 N–H and O–H groups in total. The lowest BCUT2D eigenvalue weighted by Crippen LogP contribution is -2.39. The van der Waals surface area contributed by atoms with Gasteiger partial charge in [-0.25, -0.2) is 10.2 Å². The highest BCUT2D eigenvalue weighted by Gasteiger charge is 2.26. The lowest BCUT2D eigenvalue weighted by molar-refractivity contribution is -0.126. The molecule has 38 heavy (non-hydrogen) atoms. The lowest BCUT2D eigenvalue weighted by Gasteiger charge is -2.27. The Labute approximate surface area is 229 Å². The predicted octanol–water partition coefficient (Wildman–Crippen LogP) is 6.45. The average Bonchev–Trinajstić information content (AvgIpc) is 2.94. The summed E-state index contributed by atoms with van der Waals surface area (Å²) in [5, 5.41) is 10.6. The van der Waals surface area contributed by atoms with Crippen molar-refractivity contribution in [2.45, 2.75) is 85.6 Å². The largest absolute Gasteiger partial charge is 0.352 e. The van der Waals surface area contributed by atoms with Crippen molar-refractivity contribution < 1.29 is 9.59 Å². The van der Waals surface area contributed by atoms with Crippen LogP contribution in [0, 0.1) is 31.6 Å². The minimum atomic E-state index is -0.248. The van der Waals surface area contributed by atoms with E-state index >= 15 is 0 Å². The number of hydrogen-bond donors (Lipinski definition) is 3. The third kappa shape index (κ3) is 9.96. The molecule has 0 radical (unpaired) electrons. The third-order valence-electron chi connectivity index (χ3n) is 7.86. The Morgan fingerprint density at radius 3 is 2.11 bits per heavy atom. The van der Waals surface area contributed by atoms with Gasteiger partial charge in [-0.1, -0.05) is 73.5 Å². The Bertz CT molecular complexity index is 1040. The van der Waals surface area contributed by atoms with E-state index < -0.39 is 0 Å². The number of hydrogen-bond acceptors (Lipinski definition) is 3. The van der Waals surface area contributed by atoms with Gasteiger partial charge in [-0.15, -0.1) is 0 Å². The molecule has 206 valence electrons. The average molecular weight is 519 g/mol. The van der Waals surface area contributed by atoms with Crippen molar-refractivity contribution >= 4 is 17.6 Å². The topological polar surface area (TPSA) is 82.6 Å². The number of carbonyl (C=O) groups excluding carboxylic acids is 2. The second-order valence-electron chi connectivity index (χ2n) is 11.0. The van der Waals surface area contributed by atoms with E-state index in [9.17, 15) is 9.59 Å². The Balaban J connectivity index is 1.35. The molecule has 0 aliphatic heterocycles. The van der Waals surface area contributed by atoms with Gasteiger partial charge in [-0.2, -0.15) is 5.10 Å². The van der Waals surface area contributed by atoms with Crippen molar-refractivity contribution in [3.8, 4) is 0 Å². The first kappa shape index (κ1) is 29.4. The number of aryl methyl sites for hydroxylation is 3. The summed E-state index contributed by atoms with van der Waals surface area (Å²) < 4.78 is 0. The second kappa shape index (κ2) is 15.3. The normalized spacial score (nSPS) is 18.5. The maximum atomic E-state index is 12.6. The molecule has 0 unspecified atom stereocenters. The number of nitrogens with zero attached hydrogens (tertiary/aromatic N) is 1. The van der Waals surface area contributed by atoms with Gasteiger partial charge >= 0.3 is 6.03 Å². The molecule has 1 atom stereocenters. The highest BCUT2D eigenvalue weighted by atomic mass is 16.2. The quantitative estimate of drug-likeness (QED) is 0.223.